The lowest BCUT2D eigenvalue weighted by Crippen LogP contribution is -2.30. The number of benzene rings is 2. The Morgan fingerprint density at radius 3 is 2.63 bits per heavy atom. The van der Waals surface area contributed by atoms with E-state index in [0.29, 0.717) is 23.8 Å². The molecule has 138 valence electrons. The van der Waals surface area contributed by atoms with Crippen LogP contribution in [0.15, 0.2) is 53.1 Å². The third-order valence-corrected chi connectivity index (χ3v) is 4.68. The maximum Gasteiger partial charge on any atom is 0.254 e. The molecule has 0 radical (unpaired) electrons. The summed E-state index contributed by atoms with van der Waals surface area (Å²) in [6.45, 7) is 0.598. The van der Waals surface area contributed by atoms with Gasteiger partial charge in [-0.1, -0.05) is 5.16 Å². The van der Waals surface area contributed by atoms with E-state index < -0.39 is 0 Å². The van der Waals surface area contributed by atoms with E-state index in [-0.39, 0.29) is 17.8 Å². The van der Waals surface area contributed by atoms with Crippen molar-refractivity contribution in [3.8, 4) is 17.1 Å². The van der Waals surface area contributed by atoms with Gasteiger partial charge in [-0.15, -0.1) is 0 Å². The molecule has 1 aliphatic rings. The molecule has 1 saturated heterocycles. The molecule has 4 rings (SSSR count). The minimum atomic E-state index is -0.370. The van der Waals surface area contributed by atoms with Crippen molar-refractivity contribution in [2.75, 3.05) is 13.7 Å². The monoisotopic (exact) mass is 367 g/mol. The van der Waals surface area contributed by atoms with Crippen LogP contribution in [0.25, 0.3) is 11.4 Å². The Balaban J connectivity index is 1.56. The number of ether oxygens (including phenoxy) is 1. The summed E-state index contributed by atoms with van der Waals surface area (Å²) in [5, 5.41) is 4.05. The molecule has 27 heavy (non-hydrogen) atoms. The second-order valence-corrected chi connectivity index (χ2v) is 6.35. The van der Waals surface area contributed by atoms with E-state index in [1.165, 1.54) is 24.3 Å². The summed E-state index contributed by atoms with van der Waals surface area (Å²) in [7, 11) is 1.61. The molecular weight excluding hydrogens is 349 g/mol. The van der Waals surface area contributed by atoms with Crippen LogP contribution in [0.5, 0.6) is 5.75 Å². The molecule has 0 aliphatic carbocycles. The van der Waals surface area contributed by atoms with Gasteiger partial charge in [-0.25, -0.2) is 4.39 Å². The molecule has 2 heterocycles. The van der Waals surface area contributed by atoms with Crippen LogP contribution in [0.1, 0.15) is 35.1 Å². The van der Waals surface area contributed by atoms with Gasteiger partial charge in [0.15, 0.2) is 0 Å². The Bertz CT molecular complexity index is 938. The van der Waals surface area contributed by atoms with E-state index in [1.807, 2.05) is 24.3 Å². The van der Waals surface area contributed by atoms with Gasteiger partial charge in [-0.2, -0.15) is 4.98 Å². The maximum absolute atomic E-state index is 13.1. The second kappa shape index (κ2) is 7.19. The summed E-state index contributed by atoms with van der Waals surface area (Å²) < 4.78 is 23.7. The van der Waals surface area contributed by atoms with Crippen LogP contribution in [0.2, 0.25) is 0 Å². The first kappa shape index (κ1) is 17.2. The molecule has 0 bridgehead atoms. The normalized spacial score (nSPS) is 16.5. The summed E-state index contributed by atoms with van der Waals surface area (Å²) >= 11 is 0. The lowest BCUT2D eigenvalue weighted by Gasteiger charge is -2.21. The second-order valence-electron chi connectivity index (χ2n) is 6.35. The van der Waals surface area contributed by atoms with Gasteiger partial charge in [-0.05, 0) is 61.4 Å². The summed E-state index contributed by atoms with van der Waals surface area (Å²) in [5.74, 6) is 1.09. The zero-order chi connectivity index (χ0) is 18.8. The van der Waals surface area contributed by atoms with Crippen molar-refractivity contribution in [3.05, 3.63) is 65.8 Å². The van der Waals surface area contributed by atoms with Crippen LogP contribution in [0.4, 0.5) is 4.39 Å². The summed E-state index contributed by atoms with van der Waals surface area (Å²) in [5.41, 5.74) is 1.25. The Labute approximate surface area is 155 Å². The number of aromatic nitrogens is 2. The van der Waals surface area contributed by atoms with E-state index in [1.54, 1.807) is 12.0 Å². The van der Waals surface area contributed by atoms with Crippen molar-refractivity contribution in [2.45, 2.75) is 18.9 Å². The largest absolute Gasteiger partial charge is 0.497 e. The molecule has 3 aromatic rings. The van der Waals surface area contributed by atoms with Crippen molar-refractivity contribution in [2.24, 2.45) is 0 Å². The molecule has 0 unspecified atom stereocenters. The topological polar surface area (TPSA) is 68.5 Å². The van der Waals surface area contributed by atoms with Gasteiger partial charge in [0.1, 0.15) is 17.6 Å². The van der Waals surface area contributed by atoms with Gasteiger partial charge in [0.25, 0.3) is 5.91 Å². The fourth-order valence-electron chi connectivity index (χ4n) is 3.25. The van der Waals surface area contributed by atoms with Crippen LogP contribution in [-0.2, 0) is 0 Å². The quantitative estimate of drug-likeness (QED) is 0.700. The van der Waals surface area contributed by atoms with Crippen molar-refractivity contribution in [1.82, 2.24) is 15.0 Å². The number of amides is 1. The fraction of sp³-hybridized carbons (Fsp3) is 0.250. The number of carbonyl (C=O) groups is 1. The van der Waals surface area contributed by atoms with E-state index in [4.69, 9.17) is 9.26 Å². The smallest absolute Gasteiger partial charge is 0.254 e. The van der Waals surface area contributed by atoms with Gasteiger partial charge in [0.2, 0.25) is 11.7 Å². The molecular formula is C20H18FN3O3. The predicted molar refractivity (Wildman–Crippen MR) is 95.7 cm³/mol. The number of likely N-dealkylation sites (tertiary alicyclic amines) is 1. The summed E-state index contributed by atoms with van der Waals surface area (Å²) in [6.07, 6.45) is 1.59. The Morgan fingerprint density at radius 1 is 1.19 bits per heavy atom. The molecule has 1 aliphatic heterocycles. The molecule has 1 fully saturated rings. The molecule has 7 heteroatoms. The number of carbonyl (C=O) groups excluding carboxylic acids is 1. The first-order chi connectivity index (χ1) is 13.2. The van der Waals surface area contributed by atoms with Crippen molar-refractivity contribution in [1.29, 1.82) is 0 Å². The SMILES string of the molecule is COc1ccc(-c2noc([C@H]3CCCN3C(=O)c3ccc(F)cc3)n2)cc1. The zero-order valence-electron chi connectivity index (χ0n) is 14.8. The van der Waals surface area contributed by atoms with E-state index in [9.17, 15) is 9.18 Å². The molecule has 1 atom stereocenters. The first-order valence-electron chi connectivity index (χ1n) is 8.70. The number of rotatable bonds is 4. The highest BCUT2D eigenvalue weighted by atomic mass is 19.1. The first-order valence-corrected chi connectivity index (χ1v) is 8.70. The Kier molecular flexibility index (Phi) is 4.58. The third-order valence-electron chi connectivity index (χ3n) is 4.68. The van der Waals surface area contributed by atoms with E-state index in [2.05, 4.69) is 10.1 Å². The number of hydrogen-bond acceptors (Lipinski definition) is 5. The highest BCUT2D eigenvalue weighted by Crippen LogP contribution is 2.33. The minimum absolute atomic E-state index is 0.165. The number of halogens is 1. The summed E-state index contributed by atoms with van der Waals surface area (Å²) in [6, 6.07) is 12.6. The molecule has 0 saturated carbocycles. The third kappa shape index (κ3) is 3.40. The lowest BCUT2D eigenvalue weighted by molar-refractivity contribution is 0.0710. The highest BCUT2D eigenvalue weighted by Gasteiger charge is 2.34. The van der Waals surface area contributed by atoms with Crippen LogP contribution < -0.4 is 4.74 Å². The van der Waals surface area contributed by atoms with Gasteiger partial charge in [0, 0.05) is 17.7 Å². The average Bonchev–Trinajstić information content (AvgIpc) is 3.37. The molecule has 0 spiro atoms. The zero-order valence-corrected chi connectivity index (χ0v) is 14.8. The maximum atomic E-state index is 13.1. The van der Waals surface area contributed by atoms with E-state index >= 15 is 0 Å². The van der Waals surface area contributed by atoms with Crippen LogP contribution in [0, 0.1) is 5.82 Å². The highest BCUT2D eigenvalue weighted by molar-refractivity contribution is 5.94. The van der Waals surface area contributed by atoms with Crippen LogP contribution in [-0.4, -0.2) is 34.6 Å². The predicted octanol–water partition coefficient (Wildman–Crippen LogP) is 3.86. The number of nitrogens with zero attached hydrogens (tertiary/aromatic N) is 3. The van der Waals surface area contributed by atoms with Crippen LogP contribution in [0.3, 0.4) is 0 Å². The average molecular weight is 367 g/mol. The standard InChI is InChI=1S/C20H18FN3O3/c1-26-16-10-6-13(7-11-16)18-22-19(27-23-18)17-3-2-12-24(17)20(25)14-4-8-15(21)9-5-14/h4-11,17H,2-3,12H2,1H3/t17-/m1/s1. The summed E-state index contributed by atoms with van der Waals surface area (Å²) in [4.78, 5) is 19.0. The molecule has 1 aromatic heterocycles. The minimum Gasteiger partial charge on any atom is -0.497 e. The Morgan fingerprint density at radius 2 is 1.93 bits per heavy atom. The fourth-order valence-corrected chi connectivity index (χ4v) is 3.25. The van der Waals surface area contributed by atoms with Gasteiger partial charge < -0.3 is 14.2 Å². The Hall–Kier alpha value is -3.22. The van der Waals surface area contributed by atoms with E-state index in [0.717, 1.165) is 24.2 Å². The molecule has 1 amide bonds. The molecule has 6 nitrogen and oxygen atoms in total. The number of methoxy groups -OCH3 is 1. The lowest BCUT2D eigenvalue weighted by atomic mass is 10.1. The van der Waals surface area contributed by atoms with Gasteiger partial charge in [0.05, 0.1) is 7.11 Å². The van der Waals surface area contributed by atoms with Crippen molar-refractivity contribution >= 4 is 5.91 Å². The van der Waals surface area contributed by atoms with Crippen molar-refractivity contribution in [3.63, 3.8) is 0 Å². The van der Waals surface area contributed by atoms with Gasteiger partial charge in [-0.3, -0.25) is 4.79 Å². The van der Waals surface area contributed by atoms with Gasteiger partial charge >= 0.3 is 0 Å². The molecule has 2 aromatic carbocycles. The number of hydrogen-bond donors (Lipinski definition) is 0. The van der Waals surface area contributed by atoms with Crippen LogP contribution >= 0.6 is 0 Å². The van der Waals surface area contributed by atoms with Crippen molar-refractivity contribution < 1.29 is 18.4 Å². The molecule has 0 N–H and O–H groups in total.